The van der Waals surface area contributed by atoms with E-state index in [2.05, 4.69) is 37.9 Å². The number of halogens is 1. The zero-order chi connectivity index (χ0) is 15.8. The second-order valence-corrected chi connectivity index (χ2v) is 5.75. The number of nitrogens with one attached hydrogen (secondary N) is 1. The van der Waals surface area contributed by atoms with E-state index in [0.717, 1.165) is 24.2 Å². The summed E-state index contributed by atoms with van der Waals surface area (Å²) in [5.41, 5.74) is 2.09. The minimum Gasteiger partial charge on any atom is -0.383 e. The van der Waals surface area contributed by atoms with Crippen molar-refractivity contribution in [2.24, 2.45) is 0 Å². The lowest BCUT2D eigenvalue weighted by Crippen LogP contribution is -2.36. The molecule has 1 N–H and O–H groups in total. The standard InChI is InChI=1S/C17H29FN2O/c1-6-14(4)20(9-10-21-5)17-8-7-16(18)11-15(17)12-19-13(2)3/h7-8,11,13-14,19H,6,9-10,12H2,1-5H3. The van der Waals surface area contributed by atoms with Crippen LogP contribution in [0.2, 0.25) is 0 Å². The number of methoxy groups -OCH3 is 1. The van der Waals surface area contributed by atoms with Crippen LogP contribution >= 0.6 is 0 Å². The molecule has 21 heavy (non-hydrogen) atoms. The summed E-state index contributed by atoms with van der Waals surface area (Å²) in [6.45, 7) is 10.7. The molecule has 0 aromatic heterocycles. The van der Waals surface area contributed by atoms with Crippen LogP contribution in [0.3, 0.4) is 0 Å². The van der Waals surface area contributed by atoms with Crippen molar-refractivity contribution >= 4 is 5.69 Å². The lowest BCUT2D eigenvalue weighted by Gasteiger charge is -2.32. The molecular formula is C17H29FN2O. The van der Waals surface area contributed by atoms with Crippen LogP contribution in [0.25, 0.3) is 0 Å². The first kappa shape index (κ1) is 17.9. The van der Waals surface area contributed by atoms with E-state index in [0.29, 0.717) is 25.2 Å². The third-order valence-electron chi connectivity index (χ3n) is 3.71. The van der Waals surface area contributed by atoms with Gasteiger partial charge in [-0.2, -0.15) is 0 Å². The monoisotopic (exact) mass is 296 g/mol. The molecule has 1 rings (SSSR count). The molecular weight excluding hydrogens is 267 g/mol. The zero-order valence-corrected chi connectivity index (χ0v) is 13.9. The molecule has 120 valence electrons. The Bertz CT molecular complexity index is 423. The number of hydrogen-bond acceptors (Lipinski definition) is 3. The van der Waals surface area contributed by atoms with Gasteiger partial charge in [0.15, 0.2) is 0 Å². The number of ether oxygens (including phenoxy) is 1. The maximum Gasteiger partial charge on any atom is 0.123 e. The molecule has 0 saturated heterocycles. The molecule has 0 saturated carbocycles. The minimum atomic E-state index is -0.185. The van der Waals surface area contributed by atoms with Gasteiger partial charge in [0.05, 0.1) is 6.61 Å². The van der Waals surface area contributed by atoms with Gasteiger partial charge in [0.25, 0.3) is 0 Å². The molecule has 1 unspecified atom stereocenters. The molecule has 1 aromatic rings. The summed E-state index contributed by atoms with van der Waals surface area (Å²) in [6.07, 6.45) is 1.04. The summed E-state index contributed by atoms with van der Waals surface area (Å²) in [5, 5.41) is 3.37. The first-order valence-electron chi connectivity index (χ1n) is 7.77. The zero-order valence-electron chi connectivity index (χ0n) is 13.9. The Morgan fingerprint density at radius 2 is 2.00 bits per heavy atom. The van der Waals surface area contributed by atoms with E-state index in [1.54, 1.807) is 13.2 Å². The van der Waals surface area contributed by atoms with E-state index < -0.39 is 0 Å². The van der Waals surface area contributed by atoms with Gasteiger partial charge in [-0.3, -0.25) is 0 Å². The van der Waals surface area contributed by atoms with Crippen molar-refractivity contribution in [2.75, 3.05) is 25.2 Å². The van der Waals surface area contributed by atoms with Gasteiger partial charge in [-0.15, -0.1) is 0 Å². The molecule has 0 heterocycles. The molecule has 1 aromatic carbocycles. The number of anilines is 1. The van der Waals surface area contributed by atoms with Crippen LogP contribution in [-0.2, 0) is 11.3 Å². The van der Waals surface area contributed by atoms with E-state index in [1.165, 1.54) is 6.07 Å². The van der Waals surface area contributed by atoms with Crippen LogP contribution in [0.1, 0.15) is 39.7 Å². The Balaban J connectivity index is 3.04. The Morgan fingerprint density at radius 1 is 1.29 bits per heavy atom. The van der Waals surface area contributed by atoms with Crippen molar-refractivity contribution in [3.8, 4) is 0 Å². The highest BCUT2D eigenvalue weighted by Gasteiger charge is 2.17. The van der Waals surface area contributed by atoms with Crippen molar-refractivity contribution in [1.29, 1.82) is 0 Å². The molecule has 1 atom stereocenters. The predicted molar refractivity (Wildman–Crippen MR) is 87.4 cm³/mol. The summed E-state index contributed by atoms with van der Waals surface area (Å²) >= 11 is 0. The number of hydrogen-bond donors (Lipinski definition) is 1. The molecule has 3 nitrogen and oxygen atoms in total. The largest absolute Gasteiger partial charge is 0.383 e. The number of nitrogens with zero attached hydrogens (tertiary/aromatic N) is 1. The van der Waals surface area contributed by atoms with Crippen LogP contribution in [0.4, 0.5) is 10.1 Å². The van der Waals surface area contributed by atoms with Gasteiger partial charge in [0.2, 0.25) is 0 Å². The fourth-order valence-electron chi connectivity index (χ4n) is 2.28. The van der Waals surface area contributed by atoms with Crippen molar-refractivity contribution < 1.29 is 9.13 Å². The highest BCUT2D eigenvalue weighted by molar-refractivity contribution is 5.54. The van der Waals surface area contributed by atoms with E-state index in [4.69, 9.17) is 4.74 Å². The van der Waals surface area contributed by atoms with E-state index in [-0.39, 0.29) is 5.82 Å². The van der Waals surface area contributed by atoms with Crippen molar-refractivity contribution in [3.05, 3.63) is 29.6 Å². The summed E-state index contributed by atoms with van der Waals surface area (Å²) in [4.78, 5) is 2.31. The van der Waals surface area contributed by atoms with Gasteiger partial charge in [-0.25, -0.2) is 4.39 Å². The summed E-state index contributed by atoms with van der Waals surface area (Å²) in [5.74, 6) is -0.185. The van der Waals surface area contributed by atoms with Gasteiger partial charge >= 0.3 is 0 Å². The van der Waals surface area contributed by atoms with Crippen LogP contribution in [0.15, 0.2) is 18.2 Å². The molecule has 0 aliphatic carbocycles. The third-order valence-corrected chi connectivity index (χ3v) is 3.71. The van der Waals surface area contributed by atoms with Gasteiger partial charge in [-0.05, 0) is 37.1 Å². The second-order valence-electron chi connectivity index (χ2n) is 5.75. The Morgan fingerprint density at radius 3 is 2.57 bits per heavy atom. The summed E-state index contributed by atoms with van der Waals surface area (Å²) < 4.78 is 18.8. The third kappa shape index (κ3) is 5.64. The van der Waals surface area contributed by atoms with Crippen LogP contribution in [0, 0.1) is 5.82 Å². The van der Waals surface area contributed by atoms with E-state index in [9.17, 15) is 4.39 Å². The molecule has 0 bridgehead atoms. The van der Waals surface area contributed by atoms with E-state index >= 15 is 0 Å². The molecule has 0 spiro atoms. The summed E-state index contributed by atoms with van der Waals surface area (Å²) in [6, 6.07) is 5.82. The predicted octanol–water partition coefficient (Wildman–Crippen LogP) is 3.58. The minimum absolute atomic E-state index is 0.185. The molecule has 0 radical (unpaired) electrons. The molecule has 4 heteroatoms. The van der Waals surface area contributed by atoms with Crippen LogP contribution < -0.4 is 10.2 Å². The average molecular weight is 296 g/mol. The van der Waals surface area contributed by atoms with Crippen molar-refractivity contribution in [1.82, 2.24) is 5.32 Å². The smallest absolute Gasteiger partial charge is 0.123 e. The Kier molecular flexibility index (Phi) is 7.68. The quantitative estimate of drug-likeness (QED) is 0.754. The highest BCUT2D eigenvalue weighted by Crippen LogP contribution is 2.25. The average Bonchev–Trinajstić information content (AvgIpc) is 2.46. The molecule has 0 amide bonds. The number of rotatable bonds is 9. The SMILES string of the molecule is CCC(C)N(CCOC)c1ccc(F)cc1CNC(C)C. The lowest BCUT2D eigenvalue weighted by molar-refractivity contribution is 0.203. The maximum absolute atomic E-state index is 13.6. The topological polar surface area (TPSA) is 24.5 Å². The van der Waals surface area contributed by atoms with Gasteiger partial charge in [0.1, 0.15) is 5.82 Å². The second kappa shape index (κ2) is 9.00. The van der Waals surface area contributed by atoms with Crippen molar-refractivity contribution in [2.45, 2.75) is 52.7 Å². The fraction of sp³-hybridized carbons (Fsp3) is 0.647. The molecule has 0 fully saturated rings. The Hall–Kier alpha value is -1.13. The van der Waals surface area contributed by atoms with Crippen molar-refractivity contribution in [3.63, 3.8) is 0 Å². The van der Waals surface area contributed by atoms with Gasteiger partial charge in [-0.1, -0.05) is 20.8 Å². The lowest BCUT2D eigenvalue weighted by atomic mass is 10.1. The number of benzene rings is 1. The normalized spacial score (nSPS) is 12.7. The molecule has 0 aliphatic heterocycles. The maximum atomic E-state index is 13.6. The van der Waals surface area contributed by atoms with Crippen LogP contribution in [0.5, 0.6) is 0 Å². The summed E-state index contributed by atoms with van der Waals surface area (Å²) in [7, 11) is 1.71. The van der Waals surface area contributed by atoms with E-state index in [1.807, 2.05) is 6.07 Å². The fourth-order valence-corrected chi connectivity index (χ4v) is 2.28. The highest BCUT2D eigenvalue weighted by atomic mass is 19.1. The Labute approximate surface area is 128 Å². The molecule has 0 aliphatic rings. The first-order chi connectivity index (χ1) is 9.99. The van der Waals surface area contributed by atoms with Gasteiger partial charge < -0.3 is 15.0 Å². The first-order valence-corrected chi connectivity index (χ1v) is 7.77. The van der Waals surface area contributed by atoms with Gasteiger partial charge in [0, 0.05) is 38.0 Å². The van der Waals surface area contributed by atoms with Crippen LogP contribution in [-0.4, -0.2) is 32.3 Å².